The Morgan fingerprint density at radius 2 is 1.94 bits per heavy atom. The first-order valence-electron chi connectivity index (χ1n) is 10.0. The smallest absolute Gasteiger partial charge is 0.244 e. The molecule has 1 fully saturated rings. The summed E-state index contributed by atoms with van der Waals surface area (Å²) in [6, 6.07) is 4.59. The predicted octanol–water partition coefficient (Wildman–Crippen LogP) is 4.24. The van der Waals surface area contributed by atoms with E-state index in [1.54, 1.807) is 6.07 Å². The van der Waals surface area contributed by atoms with Gasteiger partial charge >= 0.3 is 0 Å². The van der Waals surface area contributed by atoms with E-state index in [0.29, 0.717) is 21.7 Å². The molecule has 0 spiro atoms. The van der Waals surface area contributed by atoms with Crippen LogP contribution >= 0.6 is 11.6 Å². The molecule has 0 atom stereocenters. The van der Waals surface area contributed by atoms with Gasteiger partial charge in [0, 0.05) is 16.5 Å². The van der Waals surface area contributed by atoms with Gasteiger partial charge in [-0.15, -0.1) is 0 Å². The van der Waals surface area contributed by atoms with Gasteiger partial charge in [0.25, 0.3) is 0 Å². The van der Waals surface area contributed by atoms with Crippen molar-refractivity contribution in [3.8, 4) is 17.6 Å². The van der Waals surface area contributed by atoms with Gasteiger partial charge in [0.2, 0.25) is 10.0 Å². The Morgan fingerprint density at radius 3 is 2.47 bits per heavy atom. The van der Waals surface area contributed by atoms with Gasteiger partial charge in [-0.05, 0) is 43.9 Å². The number of nitriles is 1. The number of nitrogens with one attached hydrogen (secondary N) is 1. The van der Waals surface area contributed by atoms with Crippen molar-refractivity contribution in [2.45, 2.75) is 43.2 Å². The van der Waals surface area contributed by atoms with Crippen LogP contribution in [0.25, 0.3) is 22.4 Å². The van der Waals surface area contributed by atoms with Crippen molar-refractivity contribution in [2.75, 3.05) is 13.3 Å². The van der Waals surface area contributed by atoms with Crippen molar-refractivity contribution >= 4 is 32.5 Å². The van der Waals surface area contributed by atoms with Crippen LogP contribution in [0.4, 0.5) is 8.78 Å². The molecule has 0 amide bonds. The number of hydrogen-bond acceptors (Lipinski definition) is 5. The van der Waals surface area contributed by atoms with Crippen LogP contribution in [0.5, 0.6) is 0 Å². The highest BCUT2D eigenvalue weighted by Crippen LogP contribution is 2.42. The van der Waals surface area contributed by atoms with Crippen LogP contribution < -0.4 is 4.72 Å². The minimum atomic E-state index is -4.20. The van der Waals surface area contributed by atoms with Crippen LogP contribution in [0, 0.1) is 18.3 Å². The lowest BCUT2D eigenvalue weighted by Crippen LogP contribution is -2.38. The van der Waals surface area contributed by atoms with Gasteiger partial charge < -0.3 is 4.57 Å². The monoisotopic (exact) mass is 479 g/mol. The lowest BCUT2D eigenvalue weighted by Gasteiger charge is -2.29. The molecule has 1 aliphatic rings. The van der Waals surface area contributed by atoms with E-state index in [4.69, 9.17) is 11.6 Å². The standard InChI is InChI=1S/C21H20ClF2N5O2S/c1-12-5-19-16(6-18(12)22)17(9-25)20(29(19)14-3-2-4-14)21-26-10-15(11-27-21)32(30,31)28-13(7-23)8-24/h5-6,10-11,13-14,28H,2-4,7-8H2,1H3. The summed E-state index contributed by atoms with van der Waals surface area (Å²) in [5.41, 5.74) is 2.57. The molecule has 1 N–H and O–H groups in total. The quantitative estimate of drug-likeness (QED) is 0.546. The highest BCUT2D eigenvalue weighted by Gasteiger charge is 2.30. The molecular weight excluding hydrogens is 460 g/mol. The third-order valence-electron chi connectivity index (χ3n) is 5.68. The van der Waals surface area contributed by atoms with Gasteiger partial charge in [0.1, 0.15) is 30.0 Å². The van der Waals surface area contributed by atoms with E-state index >= 15 is 0 Å². The molecule has 168 valence electrons. The number of nitrogens with zero attached hydrogens (tertiary/aromatic N) is 4. The summed E-state index contributed by atoms with van der Waals surface area (Å²) in [5.74, 6) is 0.185. The first-order chi connectivity index (χ1) is 15.3. The molecule has 0 bridgehead atoms. The second kappa shape index (κ2) is 8.73. The van der Waals surface area contributed by atoms with Gasteiger partial charge in [-0.25, -0.2) is 31.9 Å². The number of fused-ring (bicyclic) bond motifs is 1. The van der Waals surface area contributed by atoms with Crippen LogP contribution in [-0.4, -0.2) is 42.3 Å². The molecule has 32 heavy (non-hydrogen) atoms. The van der Waals surface area contributed by atoms with Crippen LogP contribution in [-0.2, 0) is 10.0 Å². The van der Waals surface area contributed by atoms with Crippen molar-refractivity contribution in [3.05, 3.63) is 40.7 Å². The number of aryl methyl sites for hydroxylation is 1. The zero-order valence-electron chi connectivity index (χ0n) is 17.1. The second-order valence-electron chi connectivity index (χ2n) is 7.78. The molecule has 1 saturated carbocycles. The number of aromatic nitrogens is 3. The molecule has 3 aromatic rings. The lowest BCUT2D eigenvalue weighted by molar-refractivity contribution is 0.323. The van der Waals surface area contributed by atoms with Crippen LogP contribution in [0.3, 0.4) is 0 Å². The van der Waals surface area contributed by atoms with Gasteiger partial charge in [0.05, 0.1) is 29.5 Å². The van der Waals surface area contributed by atoms with E-state index in [1.165, 1.54) is 0 Å². The number of halogens is 3. The van der Waals surface area contributed by atoms with E-state index in [2.05, 4.69) is 16.0 Å². The molecule has 0 unspecified atom stereocenters. The molecule has 11 heteroatoms. The number of sulfonamides is 1. The highest BCUT2D eigenvalue weighted by molar-refractivity contribution is 7.89. The number of benzene rings is 1. The first-order valence-corrected chi connectivity index (χ1v) is 11.9. The normalized spacial score (nSPS) is 14.6. The molecule has 0 radical (unpaired) electrons. The van der Waals surface area contributed by atoms with Crippen molar-refractivity contribution in [1.29, 1.82) is 5.26 Å². The first kappa shape index (κ1) is 22.6. The van der Waals surface area contributed by atoms with E-state index in [9.17, 15) is 22.5 Å². The maximum Gasteiger partial charge on any atom is 0.244 e. The van der Waals surface area contributed by atoms with E-state index in [0.717, 1.165) is 42.7 Å². The summed E-state index contributed by atoms with van der Waals surface area (Å²) in [6.07, 6.45) is 5.08. The fourth-order valence-electron chi connectivity index (χ4n) is 3.76. The summed E-state index contributed by atoms with van der Waals surface area (Å²) in [7, 11) is -4.20. The zero-order valence-corrected chi connectivity index (χ0v) is 18.7. The third kappa shape index (κ3) is 3.85. The minimum absolute atomic E-state index is 0.165. The maximum atomic E-state index is 12.7. The second-order valence-corrected chi connectivity index (χ2v) is 9.90. The SMILES string of the molecule is Cc1cc2c(cc1Cl)c(C#N)c(-c1ncc(S(=O)(=O)NC(CF)CF)cn1)n2C1CCC1. The molecule has 4 rings (SSSR count). The number of rotatable bonds is 7. The average Bonchev–Trinajstić information content (AvgIpc) is 3.04. The Morgan fingerprint density at radius 1 is 1.28 bits per heavy atom. The Labute approximate surface area is 189 Å². The lowest BCUT2D eigenvalue weighted by atomic mass is 9.92. The van der Waals surface area contributed by atoms with E-state index in [-0.39, 0.29) is 16.8 Å². The molecule has 2 aromatic heterocycles. The van der Waals surface area contributed by atoms with Gasteiger partial charge in [0.15, 0.2) is 5.82 Å². The Hall–Kier alpha value is -2.61. The highest BCUT2D eigenvalue weighted by atomic mass is 35.5. The molecule has 0 saturated heterocycles. The van der Waals surface area contributed by atoms with E-state index < -0.39 is 29.4 Å². The topological polar surface area (TPSA) is 101 Å². The summed E-state index contributed by atoms with van der Waals surface area (Å²) < 4.78 is 54.2. The van der Waals surface area contributed by atoms with Crippen LogP contribution in [0.2, 0.25) is 5.02 Å². The van der Waals surface area contributed by atoms with Crippen molar-refractivity contribution in [1.82, 2.24) is 19.3 Å². The van der Waals surface area contributed by atoms with Crippen LogP contribution in [0.1, 0.15) is 36.4 Å². The third-order valence-corrected chi connectivity index (χ3v) is 7.56. The van der Waals surface area contributed by atoms with Crippen molar-refractivity contribution < 1.29 is 17.2 Å². The Balaban J connectivity index is 1.84. The molecule has 2 heterocycles. The Kier molecular flexibility index (Phi) is 6.16. The van der Waals surface area contributed by atoms with Gasteiger partial charge in [-0.3, -0.25) is 0 Å². The number of hydrogen-bond donors (Lipinski definition) is 1. The summed E-state index contributed by atoms with van der Waals surface area (Å²) in [4.78, 5) is 8.08. The fraction of sp³-hybridized carbons (Fsp3) is 0.381. The maximum absolute atomic E-state index is 12.7. The molecule has 1 aromatic carbocycles. The minimum Gasteiger partial charge on any atom is -0.334 e. The van der Waals surface area contributed by atoms with Crippen molar-refractivity contribution in [2.24, 2.45) is 0 Å². The number of alkyl halides is 2. The molecule has 1 aliphatic carbocycles. The summed E-state index contributed by atoms with van der Waals surface area (Å²) >= 11 is 6.31. The average molecular weight is 480 g/mol. The van der Waals surface area contributed by atoms with Crippen molar-refractivity contribution in [3.63, 3.8) is 0 Å². The predicted molar refractivity (Wildman–Crippen MR) is 116 cm³/mol. The van der Waals surface area contributed by atoms with Crippen LogP contribution in [0.15, 0.2) is 29.4 Å². The summed E-state index contributed by atoms with van der Waals surface area (Å²) in [5, 5.41) is 11.1. The van der Waals surface area contributed by atoms with Gasteiger partial charge in [-0.2, -0.15) is 5.26 Å². The molecular formula is C21H20ClF2N5O2S. The molecule has 7 nitrogen and oxygen atoms in total. The Bertz CT molecular complexity index is 1310. The fourth-order valence-corrected chi connectivity index (χ4v) is 5.01. The van der Waals surface area contributed by atoms with Gasteiger partial charge in [-0.1, -0.05) is 11.6 Å². The summed E-state index contributed by atoms with van der Waals surface area (Å²) in [6.45, 7) is -0.468. The van der Waals surface area contributed by atoms with E-state index in [1.807, 2.05) is 22.3 Å². The zero-order chi connectivity index (χ0) is 23.0. The largest absolute Gasteiger partial charge is 0.334 e. The molecule has 0 aliphatic heterocycles.